The van der Waals surface area contributed by atoms with E-state index in [1.165, 1.54) is 6.42 Å². The average Bonchev–Trinajstić information content (AvgIpc) is 3.03. The average molecular weight is 253 g/mol. The van der Waals surface area contributed by atoms with E-state index in [-0.39, 0.29) is 36.5 Å². The summed E-state index contributed by atoms with van der Waals surface area (Å²) in [6, 6.07) is 0.527. The van der Waals surface area contributed by atoms with E-state index >= 15 is 0 Å². The fraction of sp³-hybridized carbons (Fsp3) is 0.857. The molecule has 2 aliphatic rings. The van der Waals surface area contributed by atoms with Crippen LogP contribution in [0.5, 0.6) is 0 Å². The summed E-state index contributed by atoms with van der Waals surface area (Å²) in [4.78, 5) is 25.6. The topological polar surface area (TPSA) is 46.6 Å². The van der Waals surface area contributed by atoms with Gasteiger partial charge in [0.2, 0.25) is 0 Å². The third-order valence-corrected chi connectivity index (χ3v) is 4.23. The minimum atomic E-state index is -0.201. The van der Waals surface area contributed by atoms with Crippen LogP contribution in [0.3, 0.4) is 0 Å². The van der Waals surface area contributed by atoms with Crippen molar-refractivity contribution in [3.8, 4) is 0 Å². The molecule has 2 fully saturated rings. The second kappa shape index (κ2) is 5.29. The Hall–Kier alpha value is -1.06. The van der Waals surface area contributed by atoms with E-state index in [1.54, 1.807) is 0 Å². The lowest BCUT2D eigenvalue weighted by Crippen LogP contribution is -2.49. The van der Waals surface area contributed by atoms with Crippen LogP contribution in [0.15, 0.2) is 0 Å². The van der Waals surface area contributed by atoms with E-state index in [1.807, 2.05) is 11.8 Å². The molecular weight excluding hydrogens is 230 g/mol. The Labute approximate surface area is 109 Å². The molecule has 4 heteroatoms. The van der Waals surface area contributed by atoms with E-state index in [9.17, 15) is 9.59 Å². The van der Waals surface area contributed by atoms with Gasteiger partial charge in [0, 0.05) is 12.1 Å². The summed E-state index contributed by atoms with van der Waals surface area (Å²) in [5.74, 6) is 0.221. The number of hydrogen-bond acceptors (Lipinski definition) is 3. The molecule has 0 unspecified atom stereocenters. The first-order chi connectivity index (χ1) is 8.50. The molecule has 1 heterocycles. The Kier molecular flexibility index (Phi) is 3.93. The Bertz CT molecular complexity index is 332. The molecule has 1 amide bonds. The first kappa shape index (κ1) is 13.4. The highest BCUT2D eigenvalue weighted by Gasteiger charge is 2.41. The van der Waals surface area contributed by atoms with Gasteiger partial charge in [-0.05, 0) is 45.4 Å². The zero-order chi connectivity index (χ0) is 13.3. The number of nitrogens with zero attached hydrogens (tertiary/aromatic N) is 1. The van der Waals surface area contributed by atoms with Crippen LogP contribution >= 0.6 is 0 Å². The van der Waals surface area contributed by atoms with Gasteiger partial charge in [-0.15, -0.1) is 0 Å². The fourth-order valence-electron chi connectivity index (χ4n) is 2.88. The number of esters is 1. The van der Waals surface area contributed by atoms with Gasteiger partial charge < -0.3 is 9.64 Å². The smallest absolute Gasteiger partial charge is 0.309 e. The minimum absolute atomic E-state index is 0.0361. The molecule has 0 aromatic heterocycles. The monoisotopic (exact) mass is 253 g/mol. The fourth-order valence-corrected chi connectivity index (χ4v) is 2.88. The molecule has 1 aliphatic heterocycles. The quantitative estimate of drug-likeness (QED) is 0.722. The molecule has 0 aromatic rings. The second-order valence-corrected chi connectivity index (χ2v) is 5.86. The third kappa shape index (κ3) is 2.85. The molecule has 102 valence electrons. The molecule has 0 spiro atoms. The SMILES string of the molecule is C[C@@H]1C[C@H]1C(=O)OCC(=O)N1[C@@H](C)CCC[C@@H]1C. The number of amides is 1. The lowest BCUT2D eigenvalue weighted by molar-refractivity contribution is -0.156. The zero-order valence-electron chi connectivity index (χ0n) is 11.5. The normalized spacial score (nSPS) is 35.2. The number of hydrogen-bond donors (Lipinski definition) is 0. The summed E-state index contributed by atoms with van der Waals surface area (Å²) in [5, 5.41) is 0. The van der Waals surface area contributed by atoms with E-state index in [2.05, 4.69) is 13.8 Å². The van der Waals surface area contributed by atoms with Crippen molar-refractivity contribution >= 4 is 11.9 Å². The maximum atomic E-state index is 12.1. The van der Waals surface area contributed by atoms with Gasteiger partial charge in [0.15, 0.2) is 6.61 Å². The molecule has 0 radical (unpaired) electrons. The molecule has 0 aromatic carbocycles. The van der Waals surface area contributed by atoms with Crippen molar-refractivity contribution in [1.29, 1.82) is 0 Å². The van der Waals surface area contributed by atoms with Crippen LogP contribution in [-0.4, -0.2) is 35.5 Å². The zero-order valence-corrected chi connectivity index (χ0v) is 11.5. The molecule has 2 rings (SSSR count). The highest BCUT2D eigenvalue weighted by molar-refractivity contribution is 5.82. The molecule has 0 bridgehead atoms. The van der Waals surface area contributed by atoms with E-state index < -0.39 is 0 Å². The third-order valence-electron chi connectivity index (χ3n) is 4.23. The Morgan fingerprint density at radius 2 is 1.72 bits per heavy atom. The summed E-state index contributed by atoms with van der Waals surface area (Å²) < 4.78 is 5.12. The number of rotatable bonds is 3. The number of carbonyl (C=O) groups is 2. The molecule has 4 nitrogen and oxygen atoms in total. The van der Waals surface area contributed by atoms with Gasteiger partial charge in [0.05, 0.1) is 5.92 Å². The predicted molar refractivity (Wildman–Crippen MR) is 67.9 cm³/mol. The van der Waals surface area contributed by atoms with Crippen LogP contribution in [-0.2, 0) is 14.3 Å². The van der Waals surface area contributed by atoms with Crippen molar-refractivity contribution in [1.82, 2.24) is 4.90 Å². The lowest BCUT2D eigenvalue weighted by atomic mass is 9.97. The maximum absolute atomic E-state index is 12.1. The number of ether oxygens (including phenoxy) is 1. The first-order valence-electron chi connectivity index (χ1n) is 6.98. The van der Waals surface area contributed by atoms with Gasteiger partial charge in [-0.3, -0.25) is 9.59 Å². The van der Waals surface area contributed by atoms with Crippen molar-refractivity contribution in [3.05, 3.63) is 0 Å². The minimum Gasteiger partial charge on any atom is -0.455 e. The van der Waals surface area contributed by atoms with Crippen molar-refractivity contribution < 1.29 is 14.3 Å². The highest BCUT2D eigenvalue weighted by atomic mass is 16.5. The van der Waals surface area contributed by atoms with Crippen LogP contribution in [0.25, 0.3) is 0 Å². The Morgan fingerprint density at radius 1 is 1.17 bits per heavy atom. The molecule has 0 N–H and O–H groups in total. The predicted octanol–water partition coefficient (Wildman–Crippen LogP) is 1.98. The Balaban J connectivity index is 1.81. The maximum Gasteiger partial charge on any atom is 0.309 e. The van der Waals surface area contributed by atoms with Gasteiger partial charge in [-0.1, -0.05) is 6.92 Å². The van der Waals surface area contributed by atoms with Crippen molar-refractivity contribution in [2.75, 3.05) is 6.61 Å². The largest absolute Gasteiger partial charge is 0.455 e. The number of piperidine rings is 1. The van der Waals surface area contributed by atoms with Crippen LogP contribution in [0.2, 0.25) is 0 Å². The van der Waals surface area contributed by atoms with E-state index in [0.717, 1.165) is 19.3 Å². The standard InChI is InChI=1S/C14H23NO3/c1-9-7-12(9)14(17)18-8-13(16)15-10(2)5-4-6-11(15)3/h9-12H,4-8H2,1-3H3/t9-,10+,11+,12-/m1/s1. The lowest BCUT2D eigenvalue weighted by Gasteiger charge is -2.38. The Morgan fingerprint density at radius 3 is 2.22 bits per heavy atom. The summed E-state index contributed by atoms with van der Waals surface area (Å²) in [6.07, 6.45) is 4.17. The van der Waals surface area contributed by atoms with Crippen molar-refractivity contribution in [2.45, 2.75) is 58.5 Å². The van der Waals surface area contributed by atoms with E-state index in [4.69, 9.17) is 4.74 Å². The van der Waals surface area contributed by atoms with Crippen molar-refractivity contribution in [2.24, 2.45) is 11.8 Å². The van der Waals surface area contributed by atoms with E-state index in [0.29, 0.717) is 5.92 Å². The first-order valence-corrected chi connectivity index (χ1v) is 6.98. The van der Waals surface area contributed by atoms with Crippen LogP contribution in [0.1, 0.15) is 46.5 Å². The molecule has 1 saturated carbocycles. The van der Waals surface area contributed by atoms with Gasteiger partial charge in [0.1, 0.15) is 0 Å². The van der Waals surface area contributed by atoms with Gasteiger partial charge in [-0.2, -0.15) is 0 Å². The summed E-state index contributed by atoms with van der Waals surface area (Å²) in [5.41, 5.74) is 0. The highest BCUT2D eigenvalue weighted by Crippen LogP contribution is 2.38. The number of likely N-dealkylation sites (tertiary alicyclic amines) is 1. The van der Waals surface area contributed by atoms with Crippen LogP contribution < -0.4 is 0 Å². The van der Waals surface area contributed by atoms with Gasteiger partial charge in [-0.25, -0.2) is 0 Å². The van der Waals surface area contributed by atoms with Gasteiger partial charge in [0.25, 0.3) is 5.91 Å². The molecule has 1 aliphatic carbocycles. The van der Waals surface area contributed by atoms with Crippen LogP contribution in [0.4, 0.5) is 0 Å². The molecular formula is C14H23NO3. The van der Waals surface area contributed by atoms with Crippen LogP contribution in [0, 0.1) is 11.8 Å². The number of carbonyl (C=O) groups excluding carboxylic acids is 2. The summed E-state index contributed by atoms with van der Waals surface area (Å²) in [7, 11) is 0. The summed E-state index contributed by atoms with van der Waals surface area (Å²) in [6.45, 7) is 6.08. The molecule has 18 heavy (non-hydrogen) atoms. The second-order valence-electron chi connectivity index (χ2n) is 5.86. The van der Waals surface area contributed by atoms with Gasteiger partial charge >= 0.3 is 5.97 Å². The summed E-state index contributed by atoms with van der Waals surface area (Å²) >= 11 is 0. The molecule has 1 saturated heterocycles. The van der Waals surface area contributed by atoms with Crippen molar-refractivity contribution in [3.63, 3.8) is 0 Å². The molecule has 4 atom stereocenters.